The molecule has 1 aromatic heterocycles. The number of halogens is 5. The summed E-state index contributed by atoms with van der Waals surface area (Å²) < 4.78 is 69.5. The molecule has 2 aromatic rings. The number of amides is 2. The van der Waals surface area contributed by atoms with E-state index in [1.165, 1.54) is 12.4 Å². The molecule has 1 aromatic carbocycles. The predicted octanol–water partition coefficient (Wildman–Crippen LogP) is 3.83. The maximum absolute atomic E-state index is 13.3. The van der Waals surface area contributed by atoms with E-state index in [-0.39, 0.29) is 37.4 Å². The lowest BCUT2D eigenvalue weighted by atomic mass is 9.97. The smallest absolute Gasteiger partial charge is 0.454 e. The van der Waals surface area contributed by atoms with Crippen LogP contribution in [-0.4, -0.2) is 77.1 Å². The van der Waals surface area contributed by atoms with Crippen LogP contribution in [0.5, 0.6) is 5.88 Å². The van der Waals surface area contributed by atoms with Crippen molar-refractivity contribution in [2.24, 2.45) is 5.92 Å². The molecule has 0 aliphatic carbocycles. The number of likely N-dealkylation sites (tertiary alicyclic amines) is 1. The number of ether oxygens (including phenoxy) is 1. The first-order valence-corrected chi connectivity index (χ1v) is 12.7. The fraction of sp³-hybridized carbons (Fsp3) is 0.538. The second kappa shape index (κ2) is 11.5. The summed E-state index contributed by atoms with van der Waals surface area (Å²) in [5, 5.41) is 5.55. The number of nitrogens with one attached hydrogen (secondary N) is 2. The molecule has 1 atom stereocenters. The van der Waals surface area contributed by atoms with Crippen LogP contribution in [0.3, 0.4) is 0 Å². The van der Waals surface area contributed by atoms with Crippen LogP contribution in [0.2, 0.25) is 0 Å². The number of alkyl halides is 5. The average Bonchev–Trinajstić information content (AvgIpc) is 3.35. The van der Waals surface area contributed by atoms with Crippen LogP contribution in [-0.2, 0) is 4.79 Å². The highest BCUT2D eigenvalue weighted by Crippen LogP contribution is 2.36. The summed E-state index contributed by atoms with van der Waals surface area (Å²) in [4.78, 5) is 34.6. The molecule has 0 unspecified atom stereocenters. The number of carbonyl (C=O) groups is 2. The predicted molar refractivity (Wildman–Crippen MR) is 131 cm³/mol. The molecule has 3 heterocycles. The van der Waals surface area contributed by atoms with E-state index in [4.69, 9.17) is 4.74 Å². The molecule has 0 radical (unpaired) electrons. The largest absolute Gasteiger partial charge is 0.476 e. The van der Waals surface area contributed by atoms with Gasteiger partial charge in [-0.3, -0.25) is 19.8 Å². The summed E-state index contributed by atoms with van der Waals surface area (Å²) in [5.41, 5.74) is 0.812. The van der Waals surface area contributed by atoms with E-state index in [1.807, 2.05) is 0 Å². The molecule has 4 rings (SSSR count). The van der Waals surface area contributed by atoms with Crippen LogP contribution in [0.15, 0.2) is 36.7 Å². The lowest BCUT2D eigenvalue weighted by Crippen LogP contribution is -2.52. The number of benzene rings is 1. The van der Waals surface area contributed by atoms with Gasteiger partial charge in [0.25, 0.3) is 5.91 Å². The number of hydrogen-bond acceptors (Lipinski definition) is 7. The van der Waals surface area contributed by atoms with Crippen molar-refractivity contribution < 1.29 is 36.3 Å². The lowest BCUT2D eigenvalue weighted by Gasteiger charge is -2.34. The quantitative estimate of drug-likeness (QED) is 0.378. The van der Waals surface area contributed by atoms with E-state index >= 15 is 0 Å². The molecule has 2 amide bonds. The molecule has 13 heteroatoms. The molecule has 8 nitrogen and oxygen atoms in total. The van der Waals surface area contributed by atoms with Gasteiger partial charge < -0.3 is 10.1 Å². The van der Waals surface area contributed by atoms with Gasteiger partial charge in [0.2, 0.25) is 11.8 Å². The van der Waals surface area contributed by atoms with E-state index < -0.39 is 30.1 Å². The Morgan fingerprint density at radius 3 is 2.36 bits per heavy atom. The van der Waals surface area contributed by atoms with Crippen LogP contribution in [0.1, 0.15) is 43.0 Å². The zero-order valence-electron chi connectivity index (χ0n) is 21.4. The Balaban J connectivity index is 1.23. The zero-order valence-corrected chi connectivity index (χ0v) is 21.4. The molecule has 212 valence electrons. The van der Waals surface area contributed by atoms with Crippen molar-refractivity contribution in [2.45, 2.75) is 50.2 Å². The number of nitrogens with zero attached hydrogens (tertiary/aromatic N) is 3. The van der Waals surface area contributed by atoms with E-state index in [2.05, 4.69) is 20.6 Å². The fourth-order valence-corrected chi connectivity index (χ4v) is 4.62. The van der Waals surface area contributed by atoms with Gasteiger partial charge in [-0.05, 0) is 70.3 Å². The van der Waals surface area contributed by atoms with Crippen molar-refractivity contribution in [2.75, 3.05) is 32.8 Å². The molecule has 2 saturated heterocycles. The van der Waals surface area contributed by atoms with Crippen LogP contribution in [0, 0.1) is 5.92 Å². The van der Waals surface area contributed by atoms with Crippen LogP contribution >= 0.6 is 0 Å². The van der Waals surface area contributed by atoms with Gasteiger partial charge in [0.1, 0.15) is 0 Å². The van der Waals surface area contributed by atoms with Gasteiger partial charge in [-0.15, -0.1) is 0 Å². The van der Waals surface area contributed by atoms with E-state index in [0.29, 0.717) is 36.1 Å². The maximum Gasteiger partial charge on any atom is 0.454 e. The summed E-state index contributed by atoms with van der Waals surface area (Å²) in [6.45, 7) is 1.67. The molecule has 2 aliphatic heterocycles. The van der Waals surface area contributed by atoms with Crippen molar-refractivity contribution in [1.82, 2.24) is 25.5 Å². The van der Waals surface area contributed by atoms with Crippen LogP contribution in [0.4, 0.5) is 22.0 Å². The van der Waals surface area contributed by atoms with E-state index in [0.717, 1.165) is 17.9 Å². The van der Waals surface area contributed by atoms with E-state index in [9.17, 15) is 31.5 Å². The van der Waals surface area contributed by atoms with Gasteiger partial charge in [0, 0.05) is 11.1 Å². The molecular formula is C26H30F5N5O3. The number of aromatic nitrogens is 2. The zero-order chi connectivity index (χ0) is 28.3. The Morgan fingerprint density at radius 1 is 1.10 bits per heavy atom. The second-order valence-corrected chi connectivity index (χ2v) is 10.2. The Kier molecular flexibility index (Phi) is 8.50. The molecule has 2 fully saturated rings. The highest BCUT2D eigenvalue weighted by atomic mass is 19.4. The highest BCUT2D eigenvalue weighted by molar-refractivity contribution is 6.07. The number of hydrogen-bond donors (Lipinski definition) is 2. The van der Waals surface area contributed by atoms with Crippen LogP contribution < -0.4 is 15.4 Å². The van der Waals surface area contributed by atoms with Crippen molar-refractivity contribution in [3.8, 4) is 17.1 Å². The number of carbonyl (C=O) groups excluding carboxylic acids is 2. The van der Waals surface area contributed by atoms with E-state index in [1.54, 1.807) is 31.2 Å². The number of imide groups is 1. The van der Waals surface area contributed by atoms with Gasteiger partial charge in [-0.25, -0.2) is 9.97 Å². The Morgan fingerprint density at radius 2 is 1.79 bits per heavy atom. The first-order valence-electron chi connectivity index (χ1n) is 12.7. The number of piperidine rings is 1. The molecule has 2 aliphatic rings. The SMILES string of the molecule is C[C@@]1(C(=O)NC(=O)c2ccc(-c3cnc(OCC4CCN(CC(F)(F)C(F)(F)F)CC4)cn3)cc2)CCCN1. The topological polar surface area (TPSA) is 96.5 Å². The Hall–Kier alpha value is -3.19. The van der Waals surface area contributed by atoms with Gasteiger partial charge in [-0.1, -0.05) is 12.1 Å². The maximum atomic E-state index is 13.3. The van der Waals surface area contributed by atoms with Crippen molar-refractivity contribution >= 4 is 11.8 Å². The lowest BCUT2D eigenvalue weighted by molar-refractivity contribution is -0.287. The molecule has 0 bridgehead atoms. The molecular weight excluding hydrogens is 525 g/mol. The summed E-state index contributed by atoms with van der Waals surface area (Å²) >= 11 is 0. The van der Waals surface area contributed by atoms with Gasteiger partial charge >= 0.3 is 12.1 Å². The second-order valence-electron chi connectivity index (χ2n) is 10.2. The monoisotopic (exact) mass is 555 g/mol. The van der Waals surface area contributed by atoms with Gasteiger partial charge in [0.15, 0.2) is 0 Å². The fourth-order valence-electron chi connectivity index (χ4n) is 4.62. The molecule has 2 N–H and O–H groups in total. The third kappa shape index (κ3) is 7.07. The minimum Gasteiger partial charge on any atom is -0.476 e. The van der Waals surface area contributed by atoms with Crippen molar-refractivity contribution in [1.29, 1.82) is 0 Å². The highest BCUT2D eigenvalue weighted by Gasteiger charge is 2.58. The summed E-state index contributed by atoms with van der Waals surface area (Å²) in [7, 11) is 0. The first kappa shape index (κ1) is 28.8. The van der Waals surface area contributed by atoms with Crippen molar-refractivity contribution in [3.63, 3.8) is 0 Å². The minimum absolute atomic E-state index is 0.000143. The summed E-state index contributed by atoms with van der Waals surface area (Å²) in [6, 6.07) is 6.56. The van der Waals surface area contributed by atoms with Gasteiger partial charge in [-0.2, -0.15) is 22.0 Å². The minimum atomic E-state index is -5.56. The average molecular weight is 556 g/mol. The Bertz CT molecular complexity index is 1140. The third-order valence-electron chi connectivity index (χ3n) is 7.18. The summed E-state index contributed by atoms with van der Waals surface area (Å²) in [6.07, 6.45) is -0.225. The normalized spacial score (nSPS) is 21.1. The van der Waals surface area contributed by atoms with Crippen LogP contribution in [0.25, 0.3) is 11.3 Å². The van der Waals surface area contributed by atoms with Crippen molar-refractivity contribution in [3.05, 3.63) is 42.2 Å². The third-order valence-corrected chi connectivity index (χ3v) is 7.18. The molecule has 0 saturated carbocycles. The first-order chi connectivity index (χ1) is 18.4. The standard InChI is InChI=1S/C26H30F5N5O3/c1-24(9-2-10-34-24)23(38)35-22(37)19-5-3-18(4-6-19)20-13-33-21(14-32-20)39-15-17-7-11-36(12-8-17)16-25(27,28)26(29,30)31/h3-6,13-14,17,34H,2,7-12,15-16H2,1H3,(H,35,37,38)/t24-/m0/s1. The van der Waals surface area contributed by atoms with Gasteiger partial charge in [0.05, 0.1) is 36.8 Å². The summed E-state index contributed by atoms with van der Waals surface area (Å²) in [5.74, 6) is -5.32. The molecule has 0 spiro atoms. The Labute approximate surface area is 222 Å². The molecule has 39 heavy (non-hydrogen) atoms. The number of rotatable bonds is 8.